The minimum atomic E-state index is 1.03. The van der Waals surface area contributed by atoms with Gasteiger partial charge in [-0.25, -0.2) is 0 Å². The molecule has 0 bridgehead atoms. The Labute approximate surface area is 233 Å². The molecule has 0 aliphatic rings. The van der Waals surface area contributed by atoms with Gasteiger partial charge in [-0.05, 0) is 66.2 Å². The average molecular weight is 508 g/mol. The van der Waals surface area contributed by atoms with E-state index in [-0.39, 0.29) is 0 Å². The Morgan fingerprint density at radius 2 is 0.825 bits per heavy atom. The Morgan fingerprint density at radius 3 is 1.52 bits per heavy atom. The van der Waals surface area contributed by atoms with E-state index in [2.05, 4.69) is 146 Å². The Kier molecular flexibility index (Phi) is 5.21. The van der Waals surface area contributed by atoms with Crippen molar-refractivity contribution in [2.45, 2.75) is 0 Å². The van der Waals surface area contributed by atoms with Crippen molar-refractivity contribution in [3.8, 4) is 33.4 Å². The third kappa shape index (κ3) is 3.52. The van der Waals surface area contributed by atoms with Crippen molar-refractivity contribution in [3.63, 3.8) is 0 Å². The zero-order valence-corrected chi connectivity index (χ0v) is 21.9. The van der Waals surface area contributed by atoms with Crippen LogP contribution in [0.4, 0.5) is 0 Å². The third-order valence-electron chi connectivity index (χ3n) is 8.11. The molecule has 1 heteroatoms. The molecule has 0 radical (unpaired) electrons. The fourth-order valence-electron chi connectivity index (χ4n) is 6.32. The van der Waals surface area contributed by atoms with Crippen molar-refractivity contribution in [2.75, 3.05) is 0 Å². The van der Waals surface area contributed by atoms with E-state index in [1.165, 1.54) is 71.1 Å². The van der Waals surface area contributed by atoms with Crippen LogP contribution in [0.2, 0.25) is 0 Å². The maximum absolute atomic E-state index is 5.00. The predicted octanol–water partition coefficient (Wildman–Crippen LogP) is 10.7. The third-order valence-corrected chi connectivity index (χ3v) is 8.11. The normalized spacial score (nSPS) is 11.5. The Morgan fingerprint density at radius 1 is 0.325 bits per heavy atom. The molecule has 1 heterocycles. The number of fused-ring (bicyclic) bond motifs is 4. The van der Waals surface area contributed by atoms with Gasteiger partial charge in [0, 0.05) is 17.1 Å². The number of hydrogen-bond acceptors (Lipinski definition) is 1. The molecular weight excluding hydrogens is 482 g/mol. The topological polar surface area (TPSA) is 12.9 Å². The molecule has 186 valence electrons. The number of pyridine rings is 1. The molecule has 0 aliphatic carbocycles. The van der Waals surface area contributed by atoms with Crippen LogP contribution in [0.15, 0.2) is 152 Å². The Balaban J connectivity index is 1.39. The Hall–Kier alpha value is -5.27. The van der Waals surface area contributed by atoms with Crippen molar-refractivity contribution in [1.29, 1.82) is 0 Å². The molecule has 0 aliphatic heterocycles. The maximum atomic E-state index is 5.00. The molecule has 0 saturated heterocycles. The van der Waals surface area contributed by atoms with E-state index in [0.717, 1.165) is 5.52 Å². The number of aromatic nitrogens is 1. The van der Waals surface area contributed by atoms with E-state index < -0.39 is 0 Å². The van der Waals surface area contributed by atoms with Crippen molar-refractivity contribution >= 4 is 43.2 Å². The average Bonchev–Trinajstić information content (AvgIpc) is 3.03. The van der Waals surface area contributed by atoms with Crippen LogP contribution in [0, 0.1) is 0 Å². The van der Waals surface area contributed by atoms with Gasteiger partial charge in [0.1, 0.15) is 0 Å². The molecule has 8 rings (SSSR count). The number of nitrogens with zero attached hydrogens (tertiary/aromatic N) is 1. The largest absolute Gasteiger partial charge is 0.256 e. The van der Waals surface area contributed by atoms with Gasteiger partial charge < -0.3 is 0 Å². The van der Waals surface area contributed by atoms with Crippen molar-refractivity contribution in [1.82, 2.24) is 4.98 Å². The van der Waals surface area contributed by atoms with Crippen LogP contribution < -0.4 is 0 Å². The molecule has 0 unspecified atom stereocenters. The highest BCUT2D eigenvalue weighted by Gasteiger charge is 2.18. The van der Waals surface area contributed by atoms with Crippen LogP contribution >= 0.6 is 0 Å². The van der Waals surface area contributed by atoms with E-state index >= 15 is 0 Å². The second-order valence-electron chi connectivity index (χ2n) is 10.3. The van der Waals surface area contributed by atoms with Crippen LogP contribution in [-0.2, 0) is 0 Å². The van der Waals surface area contributed by atoms with Crippen molar-refractivity contribution < 1.29 is 0 Å². The first kappa shape index (κ1) is 22.7. The lowest BCUT2D eigenvalue weighted by Crippen LogP contribution is -1.93. The van der Waals surface area contributed by atoms with E-state index in [1.54, 1.807) is 0 Å². The van der Waals surface area contributed by atoms with E-state index in [4.69, 9.17) is 4.98 Å². The molecule has 0 fully saturated rings. The minimum Gasteiger partial charge on any atom is -0.256 e. The highest BCUT2D eigenvalue weighted by atomic mass is 14.7. The Bertz CT molecular complexity index is 2140. The highest BCUT2D eigenvalue weighted by molar-refractivity contribution is 6.22. The first-order chi connectivity index (χ1) is 19.9. The molecule has 0 saturated carbocycles. The summed E-state index contributed by atoms with van der Waals surface area (Å²) in [5.74, 6) is 0. The molecular formula is C39H25N. The van der Waals surface area contributed by atoms with E-state index in [9.17, 15) is 0 Å². The zero-order chi connectivity index (χ0) is 26.5. The molecule has 7 aromatic carbocycles. The van der Waals surface area contributed by atoms with Crippen LogP contribution in [-0.4, -0.2) is 4.98 Å². The second-order valence-corrected chi connectivity index (χ2v) is 10.3. The van der Waals surface area contributed by atoms with Gasteiger partial charge in [0.15, 0.2) is 0 Å². The highest BCUT2D eigenvalue weighted by Crippen LogP contribution is 2.44. The van der Waals surface area contributed by atoms with Gasteiger partial charge in [-0.15, -0.1) is 0 Å². The molecule has 8 aromatic rings. The molecule has 0 N–H and O–H groups in total. The summed E-state index contributed by atoms with van der Waals surface area (Å²) in [4.78, 5) is 5.00. The first-order valence-corrected chi connectivity index (χ1v) is 13.7. The van der Waals surface area contributed by atoms with Gasteiger partial charge in [0.05, 0.1) is 5.52 Å². The van der Waals surface area contributed by atoms with Gasteiger partial charge >= 0.3 is 0 Å². The molecule has 0 spiro atoms. The SMILES string of the molecule is c1ccc2c(-c3ccc(-c4c5ccccc5c(-c5cccc6ccccc56)c5ncccc45)cc3)cccc2c1. The van der Waals surface area contributed by atoms with Crippen molar-refractivity contribution in [3.05, 3.63) is 152 Å². The van der Waals surface area contributed by atoms with Crippen LogP contribution in [0.1, 0.15) is 0 Å². The predicted molar refractivity (Wildman–Crippen MR) is 171 cm³/mol. The standard InChI is InChI=1S/C39H25N/c1-3-14-30-26(10-1)12-7-18-31(30)28-21-23-29(24-22-28)37-34-16-5-6-17-35(34)38(39-36(37)20-9-25-40-39)33-19-8-13-27-11-2-4-15-32(27)33/h1-25H. The zero-order valence-electron chi connectivity index (χ0n) is 21.9. The summed E-state index contributed by atoms with van der Waals surface area (Å²) >= 11 is 0. The lowest BCUT2D eigenvalue weighted by atomic mass is 9.86. The van der Waals surface area contributed by atoms with Gasteiger partial charge in [-0.2, -0.15) is 0 Å². The smallest absolute Gasteiger partial charge is 0.0793 e. The lowest BCUT2D eigenvalue weighted by molar-refractivity contribution is 1.42. The second kappa shape index (κ2) is 9.18. The number of benzene rings is 7. The molecule has 1 nitrogen and oxygen atoms in total. The van der Waals surface area contributed by atoms with Gasteiger partial charge in [0.2, 0.25) is 0 Å². The summed E-state index contributed by atoms with van der Waals surface area (Å²) in [5.41, 5.74) is 8.35. The summed E-state index contributed by atoms with van der Waals surface area (Å²) < 4.78 is 0. The summed E-state index contributed by atoms with van der Waals surface area (Å²) in [7, 11) is 0. The molecule has 0 atom stereocenters. The van der Waals surface area contributed by atoms with Crippen LogP contribution in [0.3, 0.4) is 0 Å². The van der Waals surface area contributed by atoms with Gasteiger partial charge in [-0.1, -0.05) is 140 Å². The summed E-state index contributed by atoms with van der Waals surface area (Å²) in [6, 6.07) is 52.4. The molecule has 0 amide bonds. The summed E-state index contributed by atoms with van der Waals surface area (Å²) in [5, 5.41) is 8.65. The van der Waals surface area contributed by atoms with Crippen LogP contribution in [0.25, 0.3) is 76.6 Å². The fraction of sp³-hybridized carbons (Fsp3) is 0. The van der Waals surface area contributed by atoms with Gasteiger partial charge in [0.25, 0.3) is 0 Å². The molecule has 40 heavy (non-hydrogen) atoms. The van der Waals surface area contributed by atoms with Crippen molar-refractivity contribution in [2.24, 2.45) is 0 Å². The fourth-order valence-corrected chi connectivity index (χ4v) is 6.32. The summed E-state index contributed by atoms with van der Waals surface area (Å²) in [6.07, 6.45) is 1.92. The van der Waals surface area contributed by atoms with E-state index in [1.807, 2.05) is 6.20 Å². The van der Waals surface area contributed by atoms with E-state index in [0.29, 0.717) is 0 Å². The first-order valence-electron chi connectivity index (χ1n) is 13.7. The lowest BCUT2D eigenvalue weighted by Gasteiger charge is -2.18. The molecule has 1 aromatic heterocycles. The number of rotatable bonds is 3. The maximum Gasteiger partial charge on any atom is 0.0793 e. The minimum absolute atomic E-state index is 1.03. The van der Waals surface area contributed by atoms with Crippen LogP contribution in [0.5, 0.6) is 0 Å². The number of hydrogen-bond donors (Lipinski definition) is 0. The van der Waals surface area contributed by atoms with Gasteiger partial charge in [-0.3, -0.25) is 4.98 Å². The quantitative estimate of drug-likeness (QED) is 0.217. The monoisotopic (exact) mass is 507 g/mol. The summed E-state index contributed by atoms with van der Waals surface area (Å²) in [6.45, 7) is 0.